The van der Waals surface area contributed by atoms with E-state index in [-0.39, 0.29) is 12.2 Å². The van der Waals surface area contributed by atoms with Gasteiger partial charge in [-0.05, 0) is 35.2 Å². The summed E-state index contributed by atoms with van der Waals surface area (Å²) in [4.78, 5) is 13.8. The monoisotopic (exact) mass is 315 g/mol. The minimum absolute atomic E-state index is 0.223. The SMILES string of the molecule is CCc1ccc(CN2CC(c3ccc(Cl)cc3)OC2=O)cc1. The number of benzene rings is 2. The fourth-order valence-electron chi connectivity index (χ4n) is 2.59. The molecule has 1 aliphatic heterocycles. The molecule has 0 saturated carbocycles. The number of amides is 1. The Labute approximate surface area is 135 Å². The van der Waals surface area contributed by atoms with Crippen LogP contribution in [0, 0.1) is 0 Å². The standard InChI is InChI=1S/C18H18ClNO2/c1-2-13-3-5-14(6-4-13)11-20-12-17(22-18(20)21)15-7-9-16(19)10-8-15/h3-10,17H,2,11-12H2,1H3. The average Bonchev–Trinajstić information content (AvgIpc) is 2.90. The highest BCUT2D eigenvalue weighted by Gasteiger charge is 2.32. The number of ether oxygens (including phenoxy) is 1. The van der Waals surface area contributed by atoms with Crippen molar-refractivity contribution in [1.82, 2.24) is 4.90 Å². The fourth-order valence-corrected chi connectivity index (χ4v) is 2.71. The van der Waals surface area contributed by atoms with Crippen molar-refractivity contribution in [3.05, 3.63) is 70.2 Å². The van der Waals surface area contributed by atoms with E-state index in [1.807, 2.05) is 24.3 Å². The van der Waals surface area contributed by atoms with Crippen LogP contribution in [0.3, 0.4) is 0 Å². The van der Waals surface area contributed by atoms with Gasteiger partial charge in [0, 0.05) is 11.6 Å². The van der Waals surface area contributed by atoms with Crippen molar-refractivity contribution in [1.29, 1.82) is 0 Å². The van der Waals surface area contributed by atoms with Gasteiger partial charge in [0.15, 0.2) is 0 Å². The van der Waals surface area contributed by atoms with Gasteiger partial charge >= 0.3 is 6.09 Å². The summed E-state index contributed by atoms with van der Waals surface area (Å²) in [6.07, 6.45) is 0.532. The molecule has 0 bridgehead atoms. The van der Waals surface area contributed by atoms with E-state index >= 15 is 0 Å². The highest BCUT2D eigenvalue weighted by molar-refractivity contribution is 6.30. The zero-order valence-electron chi connectivity index (χ0n) is 12.5. The van der Waals surface area contributed by atoms with E-state index in [2.05, 4.69) is 31.2 Å². The Morgan fingerprint density at radius 1 is 1.09 bits per heavy atom. The van der Waals surface area contributed by atoms with Crippen molar-refractivity contribution in [3.8, 4) is 0 Å². The first-order valence-electron chi connectivity index (χ1n) is 7.44. The molecule has 3 rings (SSSR count). The predicted molar refractivity (Wildman–Crippen MR) is 86.9 cm³/mol. The van der Waals surface area contributed by atoms with Crippen LogP contribution in [-0.2, 0) is 17.7 Å². The van der Waals surface area contributed by atoms with Gasteiger partial charge in [-0.15, -0.1) is 0 Å². The van der Waals surface area contributed by atoms with Crippen molar-refractivity contribution in [2.24, 2.45) is 0 Å². The van der Waals surface area contributed by atoms with Gasteiger partial charge in [0.2, 0.25) is 0 Å². The third-order valence-corrected chi connectivity index (χ3v) is 4.19. The van der Waals surface area contributed by atoms with Crippen LogP contribution in [0.15, 0.2) is 48.5 Å². The first-order chi connectivity index (χ1) is 10.7. The van der Waals surface area contributed by atoms with E-state index < -0.39 is 0 Å². The van der Waals surface area contributed by atoms with Crippen LogP contribution in [0.4, 0.5) is 4.79 Å². The molecule has 0 N–H and O–H groups in total. The first-order valence-corrected chi connectivity index (χ1v) is 7.82. The molecule has 1 aliphatic rings. The Balaban J connectivity index is 1.67. The summed E-state index contributed by atoms with van der Waals surface area (Å²) >= 11 is 5.89. The van der Waals surface area contributed by atoms with E-state index in [4.69, 9.17) is 16.3 Å². The third kappa shape index (κ3) is 3.25. The lowest BCUT2D eigenvalue weighted by Gasteiger charge is -2.13. The van der Waals surface area contributed by atoms with Gasteiger partial charge in [-0.1, -0.05) is 54.9 Å². The maximum absolute atomic E-state index is 12.0. The zero-order valence-corrected chi connectivity index (χ0v) is 13.2. The quantitative estimate of drug-likeness (QED) is 0.825. The summed E-state index contributed by atoms with van der Waals surface area (Å²) in [5.74, 6) is 0. The first kappa shape index (κ1) is 14.9. The lowest BCUT2D eigenvalue weighted by atomic mass is 10.1. The van der Waals surface area contributed by atoms with Crippen molar-refractivity contribution in [3.63, 3.8) is 0 Å². The molecule has 1 amide bonds. The summed E-state index contributed by atoms with van der Waals surface area (Å²) in [6.45, 7) is 3.27. The van der Waals surface area contributed by atoms with E-state index in [1.165, 1.54) is 5.56 Å². The van der Waals surface area contributed by atoms with Crippen LogP contribution in [-0.4, -0.2) is 17.5 Å². The molecule has 1 saturated heterocycles. The molecule has 0 spiro atoms. The second-order valence-electron chi connectivity index (χ2n) is 5.47. The number of carbonyl (C=O) groups excluding carboxylic acids is 1. The normalized spacial score (nSPS) is 17.6. The van der Waals surface area contributed by atoms with Gasteiger partial charge < -0.3 is 4.74 Å². The maximum atomic E-state index is 12.0. The Kier molecular flexibility index (Phi) is 4.34. The minimum Gasteiger partial charge on any atom is -0.439 e. The van der Waals surface area contributed by atoms with Crippen LogP contribution in [0.5, 0.6) is 0 Å². The molecule has 0 aromatic heterocycles. The summed E-state index contributed by atoms with van der Waals surface area (Å²) < 4.78 is 5.46. The molecule has 2 aromatic carbocycles. The molecular formula is C18H18ClNO2. The third-order valence-electron chi connectivity index (χ3n) is 3.93. The van der Waals surface area contributed by atoms with E-state index in [9.17, 15) is 4.79 Å². The van der Waals surface area contributed by atoms with Crippen LogP contribution >= 0.6 is 11.6 Å². The van der Waals surface area contributed by atoms with E-state index in [0.717, 1.165) is 17.5 Å². The molecule has 0 radical (unpaired) electrons. The van der Waals surface area contributed by atoms with Crippen LogP contribution in [0.25, 0.3) is 0 Å². The van der Waals surface area contributed by atoms with Crippen molar-refractivity contribution in [2.45, 2.75) is 26.0 Å². The minimum atomic E-state index is -0.264. The molecule has 2 aromatic rings. The number of carbonyl (C=O) groups is 1. The number of hydrogen-bond donors (Lipinski definition) is 0. The Bertz CT molecular complexity index is 652. The molecule has 0 aliphatic carbocycles. The van der Waals surface area contributed by atoms with Gasteiger partial charge in [0.25, 0.3) is 0 Å². The smallest absolute Gasteiger partial charge is 0.410 e. The van der Waals surface area contributed by atoms with Crippen molar-refractivity contribution < 1.29 is 9.53 Å². The Hall–Kier alpha value is -2.00. The summed E-state index contributed by atoms with van der Waals surface area (Å²) in [6, 6.07) is 15.8. The lowest BCUT2D eigenvalue weighted by molar-refractivity contribution is 0.132. The van der Waals surface area contributed by atoms with Crippen LogP contribution in [0.2, 0.25) is 5.02 Å². The highest BCUT2D eigenvalue weighted by Crippen LogP contribution is 2.28. The second kappa shape index (κ2) is 6.41. The second-order valence-corrected chi connectivity index (χ2v) is 5.91. The predicted octanol–water partition coefficient (Wildman–Crippen LogP) is 4.60. The molecule has 114 valence electrons. The van der Waals surface area contributed by atoms with E-state index in [0.29, 0.717) is 18.1 Å². The van der Waals surface area contributed by atoms with Gasteiger partial charge in [-0.2, -0.15) is 0 Å². The number of halogens is 1. The Morgan fingerprint density at radius 2 is 1.73 bits per heavy atom. The fraction of sp³-hybridized carbons (Fsp3) is 0.278. The largest absolute Gasteiger partial charge is 0.439 e. The summed E-state index contributed by atoms with van der Waals surface area (Å²) in [5.41, 5.74) is 3.39. The number of nitrogens with zero attached hydrogens (tertiary/aromatic N) is 1. The van der Waals surface area contributed by atoms with Crippen LogP contribution < -0.4 is 0 Å². The molecule has 3 nitrogen and oxygen atoms in total. The molecule has 4 heteroatoms. The van der Waals surface area contributed by atoms with E-state index in [1.54, 1.807) is 4.90 Å². The maximum Gasteiger partial charge on any atom is 0.410 e. The topological polar surface area (TPSA) is 29.5 Å². The number of cyclic esters (lactones) is 1. The van der Waals surface area contributed by atoms with Crippen LogP contribution in [0.1, 0.15) is 29.7 Å². The van der Waals surface area contributed by atoms with Gasteiger partial charge in [-0.25, -0.2) is 4.79 Å². The van der Waals surface area contributed by atoms with Crippen molar-refractivity contribution in [2.75, 3.05) is 6.54 Å². The lowest BCUT2D eigenvalue weighted by Crippen LogP contribution is -2.23. The highest BCUT2D eigenvalue weighted by atomic mass is 35.5. The van der Waals surface area contributed by atoms with Gasteiger partial charge in [0.05, 0.1) is 6.54 Å². The molecule has 1 unspecified atom stereocenters. The number of rotatable bonds is 4. The number of aryl methyl sites for hydroxylation is 1. The molecule has 1 atom stereocenters. The van der Waals surface area contributed by atoms with Gasteiger partial charge in [-0.3, -0.25) is 4.90 Å². The molecular weight excluding hydrogens is 298 g/mol. The number of hydrogen-bond acceptors (Lipinski definition) is 2. The zero-order chi connectivity index (χ0) is 15.5. The summed E-state index contributed by atoms with van der Waals surface area (Å²) in [7, 11) is 0. The Morgan fingerprint density at radius 3 is 2.36 bits per heavy atom. The molecule has 22 heavy (non-hydrogen) atoms. The molecule has 1 fully saturated rings. The molecule has 1 heterocycles. The van der Waals surface area contributed by atoms with Crippen molar-refractivity contribution >= 4 is 17.7 Å². The average molecular weight is 316 g/mol. The van der Waals surface area contributed by atoms with Gasteiger partial charge in [0.1, 0.15) is 6.10 Å². The summed E-state index contributed by atoms with van der Waals surface area (Å²) in [5, 5.41) is 0.681.